The first-order chi connectivity index (χ1) is 8.28. The van der Waals surface area contributed by atoms with Crippen molar-refractivity contribution in [2.24, 2.45) is 0 Å². The van der Waals surface area contributed by atoms with Gasteiger partial charge in [-0.05, 0) is 12.1 Å². The normalized spacial score (nSPS) is 11.4. The molecule has 100 valence electrons. The number of hydrogen-bond donors (Lipinski definition) is 2. The van der Waals surface area contributed by atoms with E-state index in [0.29, 0.717) is 0 Å². The van der Waals surface area contributed by atoms with Gasteiger partial charge in [-0.2, -0.15) is 8.78 Å². The predicted molar refractivity (Wildman–Crippen MR) is 57.0 cm³/mol. The molecule has 4 nitrogen and oxygen atoms in total. The SMILES string of the molecule is COc1cc(NC(=O)C(F)(F)C(F)F)ccc1N. The minimum Gasteiger partial charge on any atom is -0.495 e. The fourth-order valence-corrected chi connectivity index (χ4v) is 1.10. The molecule has 0 aromatic heterocycles. The molecule has 0 aliphatic heterocycles. The van der Waals surface area contributed by atoms with Gasteiger partial charge in [0.1, 0.15) is 5.75 Å². The quantitative estimate of drug-likeness (QED) is 0.648. The maximum atomic E-state index is 12.7. The Balaban J connectivity index is 2.89. The standard InChI is InChI=1S/C10H10F4N2O2/c1-18-7-4-5(2-3-6(7)15)16-9(17)10(13,14)8(11)12/h2-4,8H,15H2,1H3,(H,16,17). The predicted octanol–water partition coefficient (Wildman–Crippen LogP) is 2.12. The maximum absolute atomic E-state index is 12.7. The number of nitrogens with two attached hydrogens (primary N) is 1. The Bertz CT molecular complexity index is 452. The molecule has 0 saturated heterocycles. The van der Waals surface area contributed by atoms with Gasteiger partial charge in [-0.3, -0.25) is 4.79 Å². The van der Waals surface area contributed by atoms with Gasteiger partial charge in [0.15, 0.2) is 0 Å². The lowest BCUT2D eigenvalue weighted by atomic mass is 10.2. The Morgan fingerprint density at radius 2 is 2.06 bits per heavy atom. The van der Waals surface area contributed by atoms with Gasteiger partial charge < -0.3 is 15.8 Å². The number of nitrogens with one attached hydrogen (secondary N) is 1. The van der Waals surface area contributed by atoms with E-state index in [1.165, 1.54) is 19.2 Å². The zero-order valence-corrected chi connectivity index (χ0v) is 9.22. The molecule has 0 spiro atoms. The summed E-state index contributed by atoms with van der Waals surface area (Å²) in [5, 5.41) is 1.66. The van der Waals surface area contributed by atoms with Crippen LogP contribution in [0.1, 0.15) is 0 Å². The summed E-state index contributed by atoms with van der Waals surface area (Å²) in [4.78, 5) is 10.9. The van der Waals surface area contributed by atoms with E-state index >= 15 is 0 Å². The number of carbonyl (C=O) groups is 1. The first-order valence-electron chi connectivity index (χ1n) is 4.70. The number of ether oxygens (including phenoxy) is 1. The summed E-state index contributed by atoms with van der Waals surface area (Å²) in [6.07, 6.45) is -4.08. The van der Waals surface area contributed by atoms with E-state index < -0.39 is 18.3 Å². The monoisotopic (exact) mass is 266 g/mol. The molecule has 0 aliphatic carbocycles. The fraction of sp³-hybridized carbons (Fsp3) is 0.300. The lowest BCUT2D eigenvalue weighted by molar-refractivity contribution is -0.163. The van der Waals surface area contributed by atoms with Gasteiger partial charge in [0.25, 0.3) is 0 Å². The third-order valence-corrected chi connectivity index (χ3v) is 2.07. The number of carbonyl (C=O) groups excluding carboxylic acids is 1. The van der Waals surface area contributed by atoms with Crippen LogP contribution in [-0.2, 0) is 4.79 Å². The highest BCUT2D eigenvalue weighted by Crippen LogP contribution is 2.28. The number of halogens is 4. The molecule has 0 aliphatic rings. The van der Waals surface area contributed by atoms with E-state index in [1.54, 1.807) is 5.32 Å². The van der Waals surface area contributed by atoms with Gasteiger partial charge in [0, 0.05) is 11.8 Å². The van der Waals surface area contributed by atoms with Crippen LogP contribution < -0.4 is 15.8 Å². The van der Waals surface area contributed by atoms with Crippen molar-refractivity contribution in [2.75, 3.05) is 18.2 Å². The molecule has 1 amide bonds. The van der Waals surface area contributed by atoms with E-state index in [2.05, 4.69) is 0 Å². The zero-order chi connectivity index (χ0) is 13.9. The van der Waals surface area contributed by atoms with Crippen LogP contribution in [0, 0.1) is 0 Å². The largest absolute Gasteiger partial charge is 0.495 e. The Kier molecular flexibility index (Phi) is 4.00. The van der Waals surface area contributed by atoms with Crippen molar-refractivity contribution in [2.45, 2.75) is 12.3 Å². The summed E-state index contributed by atoms with van der Waals surface area (Å²) < 4.78 is 54.0. The summed E-state index contributed by atoms with van der Waals surface area (Å²) in [5.74, 6) is -6.72. The van der Waals surface area contributed by atoms with Gasteiger partial charge in [0.05, 0.1) is 12.8 Å². The lowest BCUT2D eigenvalue weighted by Gasteiger charge is -2.15. The van der Waals surface area contributed by atoms with Crippen LogP contribution in [0.25, 0.3) is 0 Å². The minimum atomic E-state index is -4.76. The molecular formula is C10H10F4N2O2. The zero-order valence-electron chi connectivity index (χ0n) is 9.22. The minimum absolute atomic E-state index is 0.119. The number of alkyl halides is 4. The highest BCUT2D eigenvalue weighted by atomic mass is 19.3. The molecule has 1 aromatic carbocycles. The molecule has 0 unspecified atom stereocenters. The van der Waals surface area contributed by atoms with Gasteiger partial charge >= 0.3 is 18.3 Å². The fourth-order valence-electron chi connectivity index (χ4n) is 1.10. The van der Waals surface area contributed by atoms with Crippen molar-refractivity contribution >= 4 is 17.3 Å². The Hall–Kier alpha value is -1.99. The maximum Gasteiger partial charge on any atom is 0.383 e. The third kappa shape index (κ3) is 2.82. The van der Waals surface area contributed by atoms with Crippen LogP contribution >= 0.6 is 0 Å². The second kappa shape index (κ2) is 5.11. The first kappa shape index (κ1) is 14.1. The second-order valence-electron chi connectivity index (χ2n) is 3.33. The summed E-state index contributed by atoms with van der Waals surface area (Å²) in [6.45, 7) is 0. The van der Waals surface area contributed by atoms with Gasteiger partial charge in [-0.25, -0.2) is 8.78 Å². The molecule has 18 heavy (non-hydrogen) atoms. The Morgan fingerprint density at radius 1 is 1.44 bits per heavy atom. The van der Waals surface area contributed by atoms with E-state index in [-0.39, 0.29) is 17.1 Å². The van der Waals surface area contributed by atoms with Crippen LogP contribution in [0.2, 0.25) is 0 Å². The van der Waals surface area contributed by atoms with Crippen molar-refractivity contribution in [3.05, 3.63) is 18.2 Å². The number of amides is 1. The molecule has 3 N–H and O–H groups in total. The molecule has 0 radical (unpaired) electrons. The molecule has 0 saturated carbocycles. The average Bonchev–Trinajstić information content (AvgIpc) is 2.31. The summed E-state index contributed by atoms with van der Waals surface area (Å²) in [6, 6.07) is 3.63. The molecule has 8 heteroatoms. The van der Waals surface area contributed by atoms with Crippen LogP contribution in [0.15, 0.2) is 18.2 Å². The molecule has 0 atom stereocenters. The average molecular weight is 266 g/mol. The molecule has 1 rings (SSSR count). The van der Waals surface area contributed by atoms with Crippen LogP contribution in [0.5, 0.6) is 5.75 Å². The van der Waals surface area contributed by atoms with Gasteiger partial charge in [-0.15, -0.1) is 0 Å². The number of rotatable bonds is 4. The highest BCUT2D eigenvalue weighted by molar-refractivity contribution is 5.96. The number of hydrogen-bond acceptors (Lipinski definition) is 3. The van der Waals surface area contributed by atoms with Gasteiger partial charge in [-0.1, -0.05) is 0 Å². The second-order valence-corrected chi connectivity index (χ2v) is 3.33. The number of benzene rings is 1. The summed E-state index contributed by atoms with van der Waals surface area (Å²) >= 11 is 0. The number of methoxy groups -OCH3 is 1. The highest BCUT2D eigenvalue weighted by Gasteiger charge is 2.48. The first-order valence-corrected chi connectivity index (χ1v) is 4.70. The molecule has 1 aromatic rings. The molecule has 0 heterocycles. The molecule has 0 fully saturated rings. The van der Waals surface area contributed by atoms with E-state index in [4.69, 9.17) is 10.5 Å². The van der Waals surface area contributed by atoms with E-state index in [9.17, 15) is 22.4 Å². The van der Waals surface area contributed by atoms with Gasteiger partial charge in [0.2, 0.25) is 0 Å². The van der Waals surface area contributed by atoms with E-state index in [0.717, 1.165) is 6.07 Å². The lowest BCUT2D eigenvalue weighted by Crippen LogP contribution is -2.40. The molecule has 0 bridgehead atoms. The van der Waals surface area contributed by atoms with Crippen LogP contribution in [0.4, 0.5) is 28.9 Å². The summed E-state index contributed by atoms with van der Waals surface area (Å²) in [7, 11) is 1.28. The van der Waals surface area contributed by atoms with Crippen molar-refractivity contribution in [1.29, 1.82) is 0 Å². The van der Waals surface area contributed by atoms with Crippen molar-refractivity contribution < 1.29 is 27.1 Å². The Morgan fingerprint density at radius 3 is 2.56 bits per heavy atom. The topological polar surface area (TPSA) is 64.3 Å². The van der Waals surface area contributed by atoms with Crippen molar-refractivity contribution in [1.82, 2.24) is 0 Å². The van der Waals surface area contributed by atoms with Crippen molar-refractivity contribution in [3.63, 3.8) is 0 Å². The molecular weight excluding hydrogens is 256 g/mol. The van der Waals surface area contributed by atoms with Crippen molar-refractivity contribution in [3.8, 4) is 5.75 Å². The number of anilines is 2. The van der Waals surface area contributed by atoms with E-state index in [1.807, 2.05) is 0 Å². The summed E-state index contributed by atoms with van der Waals surface area (Å²) in [5.41, 5.74) is 5.56. The smallest absolute Gasteiger partial charge is 0.383 e. The van der Waals surface area contributed by atoms with Crippen LogP contribution in [0.3, 0.4) is 0 Å². The Labute approximate surface area is 99.7 Å². The number of nitrogen functional groups attached to an aromatic ring is 1. The van der Waals surface area contributed by atoms with Crippen LogP contribution in [-0.4, -0.2) is 25.4 Å². The third-order valence-electron chi connectivity index (χ3n) is 2.07.